The number of aromatic nitrogens is 2. The monoisotopic (exact) mass is 508 g/mol. The van der Waals surface area contributed by atoms with Crippen molar-refractivity contribution in [3.63, 3.8) is 0 Å². The van der Waals surface area contributed by atoms with Gasteiger partial charge in [0.2, 0.25) is 11.8 Å². The Morgan fingerprint density at radius 3 is 2.65 bits per heavy atom. The molecule has 0 unspecified atom stereocenters. The molecule has 11 heteroatoms. The van der Waals surface area contributed by atoms with Crippen molar-refractivity contribution in [2.24, 2.45) is 0 Å². The van der Waals surface area contributed by atoms with Gasteiger partial charge in [-0.2, -0.15) is 0 Å². The van der Waals surface area contributed by atoms with Crippen LogP contribution in [0.4, 0.5) is 0 Å². The molecular weight excluding hydrogens is 480 g/mol. The molecule has 3 N–H and O–H groups in total. The van der Waals surface area contributed by atoms with Crippen molar-refractivity contribution in [1.29, 1.82) is 0 Å². The van der Waals surface area contributed by atoms with Crippen molar-refractivity contribution >= 4 is 33.7 Å². The van der Waals surface area contributed by atoms with Crippen LogP contribution in [0.3, 0.4) is 0 Å². The van der Waals surface area contributed by atoms with E-state index in [-0.39, 0.29) is 12.3 Å². The zero-order chi connectivity index (χ0) is 26.4. The second-order valence-corrected chi connectivity index (χ2v) is 8.27. The number of aryl methyl sites for hydroxylation is 1. The van der Waals surface area contributed by atoms with Crippen molar-refractivity contribution < 1.29 is 33.4 Å². The van der Waals surface area contributed by atoms with Crippen LogP contribution in [0, 0.1) is 6.92 Å². The van der Waals surface area contributed by atoms with Crippen molar-refractivity contribution in [2.75, 3.05) is 20.8 Å². The zero-order valence-corrected chi connectivity index (χ0v) is 20.8. The summed E-state index contributed by atoms with van der Waals surface area (Å²) in [7, 11) is 3.12. The average Bonchev–Trinajstić information content (AvgIpc) is 3.24. The minimum atomic E-state index is -0.405. The quantitative estimate of drug-likeness (QED) is 0.153. The van der Waals surface area contributed by atoms with Gasteiger partial charge in [0.1, 0.15) is 23.4 Å². The molecule has 0 bridgehead atoms. The average molecular weight is 509 g/mol. The summed E-state index contributed by atoms with van der Waals surface area (Å²) in [6.45, 7) is 2.15. The molecule has 194 valence electrons. The molecule has 0 atom stereocenters. The molecule has 2 heterocycles. The first-order valence-electron chi connectivity index (χ1n) is 11.8. The van der Waals surface area contributed by atoms with E-state index in [1.807, 2.05) is 0 Å². The van der Waals surface area contributed by atoms with Crippen molar-refractivity contribution in [3.8, 4) is 23.1 Å². The van der Waals surface area contributed by atoms with Crippen LogP contribution in [0.1, 0.15) is 41.8 Å². The summed E-state index contributed by atoms with van der Waals surface area (Å²) in [5.41, 5.74) is 3.25. The van der Waals surface area contributed by atoms with Crippen LogP contribution in [0.5, 0.6) is 23.1 Å². The third kappa shape index (κ3) is 5.72. The molecule has 0 spiro atoms. The van der Waals surface area contributed by atoms with E-state index in [1.165, 1.54) is 6.33 Å². The number of furan rings is 1. The number of benzene rings is 2. The first kappa shape index (κ1) is 25.7. The smallest absolute Gasteiger partial charge is 0.255 e. The highest BCUT2D eigenvalue weighted by atomic mass is 16.5. The molecule has 0 aliphatic rings. The number of fused-ring (bicyclic) bond motifs is 2. The predicted octanol–water partition coefficient (Wildman–Crippen LogP) is 4.29. The number of unbranched alkanes of at least 4 members (excludes halogenated alkanes) is 2. The van der Waals surface area contributed by atoms with E-state index < -0.39 is 5.91 Å². The molecule has 4 aromatic rings. The van der Waals surface area contributed by atoms with E-state index in [4.69, 9.17) is 23.8 Å². The van der Waals surface area contributed by atoms with Gasteiger partial charge in [-0.3, -0.25) is 14.8 Å². The maximum atomic E-state index is 12.2. The Morgan fingerprint density at radius 2 is 1.89 bits per heavy atom. The summed E-state index contributed by atoms with van der Waals surface area (Å²) in [5, 5.41) is 12.5. The molecule has 2 amide bonds. The van der Waals surface area contributed by atoms with Crippen molar-refractivity contribution in [1.82, 2.24) is 20.8 Å². The van der Waals surface area contributed by atoms with E-state index in [1.54, 1.807) is 56.9 Å². The summed E-state index contributed by atoms with van der Waals surface area (Å²) in [6, 6.07) is 8.74. The van der Waals surface area contributed by atoms with Crippen LogP contribution in [-0.4, -0.2) is 47.8 Å². The van der Waals surface area contributed by atoms with Gasteiger partial charge in [-0.1, -0.05) is 0 Å². The number of methoxy groups -OCH3 is 1. The highest BCUT2D eigenvalue weighted by Crippen LogP contribution is 2.37. The molecule has 37 heavy (non-hydrogen) atoms. The van der Waals surface area contributed by atoms with Crippen LogP contribution in [0.25, 0.3) is 21.9 Å². The van der Waals surface area contributed by atoms with Gasteiger partial charge in [0.15, 0.2) is 11.5 Å². The maximum Gasteiger partial charge on any atom is 0.255 e. The lowest BCUT2D eigenvalue weighted by molar-refractivity contribution is -0.129. The van der Waals surface area contributed by atoms with Gasteiger partial charge in [0, 0.05) is 31.0 Å². The Morgan fingerprint density at radius 1 is 1.05 bits per heavy atom. The summed E-state index contributed by atoms with van der Waals surface area (Å²) in [4.78, 5) is 31.9. The molecule has 0 fully saturated rings. The SMILES string of the molecule is CNC(=O)c1c(C)oc2cc(Oc3ncnc4cc(OC)c(OCCCCCC(=O)NO)cc34)ccc12. The molecule has 2 aromatic carbocycles. The fraction of sp³-hybridized carbons (Fsp3) is 0.308. The number of hydrogen-bond donors (Lipinski definition) is 3. The second-order valence-electron chi connectivity index (χ2n) is 8.27. The van der Waals surface area contributed by atoms with Gasteiger partial charge >= 0.3 is 0 Å². The molecular formula is C26H28N4O7. The van der Waals surface area contributed by atoms with Gasteiger partial charge in [0.05, 0.1) is 30.2 Å². The fourth-order valence-corrected chi connectivity index (χ4v) is 3.98. The number of carbonyl (C=O) groups is 2. The largest absolute Gasteiger partial charge is 0.493 e. The fourth-order valence-electron chi connectivity index (χ4n) is 3.98. The molecule has 0 saturated carbocycles. The summed E-state index contributed by atoms with van der Waals surface area (Å²) in [6.07, 6.45) is 3.77. The van der Waals surface area contributed by atoms with Gasteiger partial charge in [-0.15, -0.1) is 0 Å². The van der Waals surface area contributed by atoms with Crippen LogP contribution in [-0.2, 0) is 4.79 Å². The Hall–Kier alpha value is -4.38. The van der Waals surface area contributed by atoms with Crippen LogP contribution < -0.4 is 25.0 Å². The molecule has 0 aliphatic heterocycles. The maximum absolute atomic E-state index is 12.2. The lowest BCUT2D eigenvalue weighted by Gasteiger charge is -2.13. The number of rotatable bonds is 11. The normalized spacial score (nSPS) is 10.9. The minimum absolute atomic E-state index is 0.219. The van der Waals surface area contributed by atoms with Gasteiger partial charge in [0.25, 0.3) is 5.91 Å². The lowest BCUT2D eigenvalue weighted by Crippen LogP contribution is -2.18. The molecule has 2 aromatic heterocycles. The number of hydrogen-bond acceptors (Lipinski definition) is 9. The van der Waals surface area contributed by atoms with Crippen molar-refractivity contribution in [2.45, 2.75) is 32.6 Å². The van der Waals surface area contributed by atoms with Gasteiger partial charge in [-0.25, -0.2) is 15.4 Å². The molecule has 0 aliphatic carbocycles. The molecule has 0 saturated heterocycles. The van der Waals surface area contributed by atoms with E-state index in [9.17, 15) is 9.59 Å². The summed E-state index contributed by atoms with van der Waals surface area (Å²) < 4.78 is 23.3. The topological polar surface area (TPSA) is 145 Å². The molecule has 0 radical (unpaired) electrons. The number of amides is 2. The first-order valence-corrected chi connectivity index (χ1v) is 11.8. The lowest BCUT2D eigenvalue weighted by atomic mass is 10.1. The number of hydroxylamine groups is 1. The van der Waals surface area contributed by atoms with Crippen LogP contribution in [0.2, 0.25) is 0 Å². The minimum Gasteiger partial charge on any atom is -0.493 e. The van der Waals surface area contributed by atoms with E-state index in [0.29, 0.717) is 69.4 Å². The van der Waals surface area contributed by atoms with Crippen molar-refractivity contribution in [3.05, 3.63) is 48.0 Å². The van der Waals surface area contributed by atoms with E-state index in [0.717, 1.165) is 12.8 Å². The van der Waals surface area contributed by atoms with Gasteiger partial charge in [-0.05, 0) is 44.4 Å². The molecule has 11 nitrogen and oxygen atoms in total. The Balaban J connectivity index is 1.54. The summed E-state index contributed by atoms with van der Waals surface area (Å²) >= 11 is 0. The van der Waals surface area contributed by atoms with Crippen LogP contribution in [0.15, 0.2) is 41.1 Å². The molecule has 4 rings (SSSR count). The third-order valence-electron chi connectivity index (χ3n) is 5.82. The highest BCUT2D eigenvalue weighted by molar-refractivity contribution is 6.07. The predicted molar refractivity (Wildman–Crippen MR) is 134 cm³/mol. The van der Waals surface area contributed by atoms with Gasteiger partial charge < -0.3 is 23.9 Å². The third-order valence-corrected chi connectivity index (χ3v) is 5.82. The second kappa shape index (κ2) is 11.6. The first-order chi connectivity index (χ1) is 17.9. The van der Waals surface area contributed by atoms with E-state index in [2.05, 4.69) is 15.3 Å². The standard InChI is InChI=1S/C26H28N4O7/c1-15-24(25(32)27-2)17-9-8-16(11-20(17)36-15)37-26-18-12-22(21(34-3)13-19(18)28-14-29-26)35-10-6-4-5-7-23(31)30-33/h8-9,11-14,33H,4-7,10H2,1-3H3,(H,27,32)(H,30,31). The number of ether oxygens (including phenoxy) is 3. The zero-order valence-electron chi connectivity index (χ0n) is 20.8. The summed E-state index contributed by atoms with van der Waals surface area (Å²) in [5.74, 6) is 1.73. The van der Waals surface area contributed by atoms with E-state index >= 15 is 0 Å². The van der Waals surface area contributed by atoms with Crippen LogP contribution >= 0.6 is 0 Å². The Bertz CT molecular complexity index is 1430. The highest BCUT2D eigenvalue weighted by Gasteiger charge is 2.18. The Labute approximate surface area is 212 Å². The number of nitrogens with one attached hydrogen (secondary N) is 2. The Kier molecular flexibility index (Phi) is 8.04. The number of carbonyl (C=O) groups excluding carboxylic acids is 2. The number of nitrogens with zero attached hydrogens (tertiary/aromatic N) is 2.